The second-order valence-corrected chi connectivity index (χ2v) is 5.14. The summed E-state index contributed by atoms with van der Waals surface area (Å²) in [4.78, 5) is 12.5. The number of aryl methyl sites for hydroxylation is 1. The van der Waals surface area contributed by atoms with Gasteiger partial charge < -0.3 is 5.73 Å². The van der Waals surface area contributed by atoms with Crippen molar-refractivity contribution in [1.82, 2.24) is 0 Å². The molecule has 2 atom stereocenters. The lowest BCUT2D eigenvalue weighted by atomic mass is 9.88. The third kappa shape index (κ3) is 3.14. The van der Waals surface area contributed by atoms with Crippen molar-refractivity contribution < 1.29 is 4.79 Å². The number of carbonyl (C=O) groups is 1. The Kier molecular flexibility index (Phi) is 4.70. The first-order chi connectivity index (χ1) is 9.63. The molecule has 2 N–H and O–H groups in total. The van der Waals surface area contributed by atoms with Crippen molar-refractivity contribution in [2.75, 3.05) is 0 Å². The average Bonchev–Trinajstić information content (AvgIpc) is 2.53. The van der Waals surface area contributed by atoms with E-state index >= 15 is 0 Å². The molecule has 0 aliphatic rings. The Morgan fingerprint density at radius 3 is 2.45 bits per heavy atom. The molecule has 0 aromatic heterocycles. The number of benzene rings is 2. The largest absolute Gasteiger partial charge is 0.323 e. The first kappa shape index (κ1) is 14.5. The van der Waals surface area contributed by atoms with Gasteiger partial charge in [-0.3, -0.25) is 4.79 Å². The second-order valence-electron chi connectivity index (χ2n) is 5.14. The van der Waals surface area contributed by atoms with Gasteiger partial charge in [-0.2, -0.15) is 0 Å². The van der Waals surface area contributed by atoms with Crippen LogP contribution >= 0.6 is 0 Å². The molecule has 2 unspecified atom stereocenters. The lowest BCUT2D eigenvalue weighted by molar-refractivity contribution is 0.0912. The molecule has 2 aromatic rings. The molecule has 0 saturated heterocycles. The minimum atomic E-state index is -0.269. The zero-order valence-electron chi connectivity index (χ0n) is 12.0. The summed E-state index contributed by atoms with van der Waals surface area (Å²) in [5, 5.41) is 0. The maximum atomic E-state index is 12.5. The van der Waals surface area contributed by atoms with Gasteiger partial charge in [0.1, 0.15) is 0 Å². The normalized spacial score (nSPS) is 13.8. The number of Topliss-reactive ketones (excluding diaryl/α,β-unsaturated/α-hetero) is 1. The third-order valence-corrected chi connectivity index (χ3v) is 3.76. The van der Waals surface area contributed by atoms with E-state index in [4.69, 9.17) is 5.73 Å². The summed E-state index contributed by atoms with van der Waals surface area (Å²) in [6.45, 7) is 3.99. The molecule has 104 valence electrons. The van der Waals surface area contributed by atoms with Crippen molar-refractivity contribution in [3.8, 4) is 0 Å². The number of hydrogen-bond donors (Lipinski definition) is 1. The first-order valence-electron chi connectivity index (χ1n) is 7.07. The number of carbonyl (C=O) groups excluding carboxylic acids is 1. The van der Waals surface area contributed by atoms with E-state index in [2.05, 4.69) is 6.92 Å². The Morgan fingerprint density at radius 2 is 1.80 bits per heavy atom. The van der Waals surface area contributed by atoms with Gasteiger partial charge in [-0.05, 0) is 23.6 Å². The molecule has 2 aromatic carbocycles. The minimum absolute atomic E-state index is 0.108. The quantitative estimate of drug-likeness (QED) is 0.838. The van der Waals surface area contributed by atoms with Crippen LogP contribution in [0.1, 0.15) is 41.4 Å². The third-order valence-electron chi connectivity index (χ3n) is 3.76. The van der Waals surface area contributed by atoms with Gasteiger partial charge in [0.05, 0.1) is 0 Å². The summed E-state index contributed by atoms with van der Waals surface area (Å²) in [7, 11) is 0. The molecule has 0 spiro atoms. The first-order valence-corrected chi connectivity index (χ1v) is 7.07. The molecule has 2 rings (SSSR count). The van der Waals surface area contributed by atoms with E-state index in [0.29, 0.717) is 0 Å². The Morgan fingerprint density at radius 1 is 1.10 bits per heavy atom. The van der Waals surface area contributed by atoms with E-state index < -0.39 is 0 Å². The van der Waals surface area contributed by atoms with Crippen molar-refractivity contribution in [2.24, 2.45) is 11.7 Å². The standard InChI is InChI=1S/C18H21NO/c1-3-14-8-7-11-16(12-14)18(20)13(2)17(19)15-9-5-4-6-10-15/h4-13,17H,3,19H2,1-2H3. The van der Waals surface area contributed by atoms with Crippen LogP contribution < -0.4 is 5.73 Å². The summed E-state index contributed by atoms with van der Waals surface area (Å²) in [5.74, 6) is -0.124. The predicted molar refractivity (Wildman–Crippen MR) is 82.7 cm³/mol. The van der Waals surface area contributed by atoms with Gasteiger partial charge in [0, 0.05) is 17.5 Å². The Hall–Kier alpha value is -1.93. The molecule has 0 radical (unpaired) electrons. The summed E-state index contributed by atoms with van der Waals surface area (Å²) in [6.07, 6.45) is 0.931. The fourth-order valence-electron chi connectivity index (χ4n) is 2.33. The minimum Gasteiger partial charge on any atom is -0.323 e. The highest BCUT2D eigenvalue weighted by molar-refractivity contribution is 5.98. The maximum Gasteiger partial charge on any atom is 0.167 e. The van der Waals surface area contributed by atoms with E-state index in [0.717, 1.165) is 17.5 Å². The zero-order chi connectivity index (χ0) is 14.5. The van der Waals surface area contributed by atoms with Crippen molar-refractivity contribution >= 4 is 5.78 Å². The van der Waals surface area contributed by atoms with Crippen LogP contribution in [0.4, 0.5) is 0 Å². The highest BCUT2D eigenvalue weighted by Crippen LogP contribution is 2.23. The topological polar surface area (TPSA) is 43.1 Å². The van der Waals surface area contributed by atoms with Crippen LogP contribution in [0.15, 0.2) is 54.6 Å². The molecule has 0 aliphatic carbocycles. The van der Waals surface area contributed by atoms with E-state index in [9.17, 15) is 4.79 Å². The fourth-order valence-corrected chi connectivity index (χ4v) is 2.33. The number of rotatable bonds is 5. The van der Waals surface area contributed by atoms with Crippen LogP contribution in [0, 0.1) is 5.92 Å². The van der Waals surface area contributed by atoms with Crippen LogP contribution in [0.25, 0.3) is 0 Å². The van der Waals surface area contributed by atoms with Gasteiger partial charge >= 0.3 is 0 Å². The predicted octanol–water partition coefficient (Wildman–Crippen LogP) is 3.77. The highest BCUT2D eigenvalue weighted by atomic mass is 16.1. The molecule has 0 bridgehead atoms. The highest BCUT2D eigenvalue weighted by Gasteiger charge is 2.23. The monoisotopic (exact) mass is 267 g/mol. The molecule has 2 nitrogen and oxygen atoms in total. The lowest BCUT2D eigenvalue weighted by Crippen LogP contribution is -2.26. The van der Waals surface area contributed by atoms with Crippen LogP contribution in [0.5, 0.6) is 0 Å². The second kappa shape index (κ2) is 6.49. The van der Waals surface area contributed by atoms with Crippen molar-refractivity contribution in [3.63, 3.8) is 0 Å². The fraction of sp³-hybridized carbons (Fsp3) is 0.278. The lowest BCUT2D eigenvalue weighted by Gasteiger charge is -2.19. The number of ketones is 1. The Labute approximate surface area is 120 Å². The van der Waals surface area contributed by atoms with Crippen LogP contribution in [0.3, 0.4) is 0 Å². The van der Waals surface area contributed by atoms with Gasteiger partial charge in [0.2, 0.25) is 0 Å². The van der Waals surface area contributed by atoms with Crippen molar-refractivity contribution in [2.45, 2.75) is 26.3 Å². The van der Waals surface area contributed by atoms with Gasteiger partial charge in [0.25, 0.3) is 0 Å². The Balaban J connectivity index is 2.19. The SMILES string of the molecule is CCc1cccc(C(=O)C(C)C(N)c2ccccc2)c1. The number of hydrogen-bond acceptors (Lipinski definition) is 2. The molecule has 2 heteroatoms. The number of nitrogens with two attached hydrogens (primary N) is 1. The van der Waals surface area contributed by atoms with Gasteiger partial charge in [-0.15, -0.1) is 0 Å². The van der Waals surface area contributed by atoms with Crippen LogP contribution in [0.2, 0.25) is 0 Å². The van der Waals surface area contributed by atoms with Gasteiger partial charge in [-0.1, -0.05) is 62.4 Å². The smallest absolute Gasteiger partial charge is 0.167 e. The zero-order valence-corrected chi connectivity index (χ0v) is 12.0. The summed E-state index contributed by atoms with van der Waals surface area (Å²) >= 11 is 0. The Bertz CT molecular complexity index is 577. The molecule has 0 heterocycles. The van der Waals surface area contributed by atoms with Crippen molar-refractivity contribution in [1.29, 1.82) is 0 Å². The van der Waals surface area contributed by atoms with E-state index in [1.54, 1.807) is 0 Å². The molecule has 0 fully saturated rings. The summed E-state index contributed by atoms with van der Waals surface area (Å²) in [5.41, 5.74) is 9.16. The molecule has 0 saturated carbocycles. The van der Waals surface area contributed by atoms with E-state index in [1.807, 2.05) is 61.5 Å². The summed E-state index contributed by atoms with van der Waals surface area (Å²) in [6, 6.07) is 17.3. The molecular formula is C18H21NO. The van der Waals surface area contributed by atoms with Crippen LogP contribution in [-0.4, -0.2) is 5.78 Å². The van der Waals surface area contributed by atoms with Gasteiger partial charge in [0.15, 0.2) is 5.78 Å². The molecule has 20 heavy (non-hydrogen) atoms. The van der Waals surface area contributed by atoms with Gasteiger partial charge in [-0.25, -0.2) is 0 Å². The van der Waals surface area contributed by atoms with E-state index in [1.165, 1.54) is 5.56 Å². The summed E-state index contributed by atoms with van der Waals surface area (Å²) < 4.78 is 0. The molecule has 0 aliphatic heterocycles. The van der Waals surface area contributed by atoms with E-state index in [-0.39, 0.29) is 17.7 Å². The average molecular weight is 267 g/mol. The van der Waals surface area contributed by atoms with Crippen molar-refractivity contribution in [3.05, 3.63) is 71.3 Å². The maximum absolute atomic E-state index is 12.5. The molecule has 0 amide bonds. The molecular weight excluding hydrogens is 246 g/mol. The van der Waals surface area contributed by atoms with Crippen LogP contribution in [-0.2, 0) is 6.42 Å².